The number of carbonyl (C=O) groups excluding carboxylic acids is 2. The second-order valence-electron chi connectivity index (χ2n) is 3.86. The molecule has 0 saturated carbocycles. The van der Waals surface area contributed by atoms with Crippen molar-refractivity contribution in [3.63, 3.8) is 0 Å². The van der Waals surface area contributed by atoms with Gasteiger partial charge in [-0.15, -0.1) is 11.6 Å². The monoisotopic (exact) mass is 288 g/mol. The first-order chi connectivity index (χ1) is 8.40. The van der Waals surface area contributed by atoms with Gasteiger partial charge in [-0.05, 0) is 31.5 Å². The molecule has 0 aromatic heterocycles. The minimum absolute atomic E-state index is 0.262. The summed E-state index contributed by atoms with van der Waals surface area (Å²) in [4.78, 5) is 22.7. The zero-order valence-electron chi connectivity index (χ0n) is 10.0. The van der Waals surface area contributed by atoms with Gasteiger partial charge in [-0.2, -0.15) is 0 Å². The van der Waals surface area contributed by atoms with Crippen molar-refractivity contribution in [1.29, 1.82) is 0 Å². The van der Waals surface area contributed by atoms with Crippen LogP contribution in [0.2, 0.25) is 5.02 Å². The number of carbonyl (C=O) groups is 2. The Kier molecular flexibility index (Phi) is 5.44. The number of imide groups is 1. The average Bonchev–Trinajstić information content (AvgIpc) is 2.28. The lowest BCUT2D eigenvalue weighted by atomic mass is 10.1. The molecule has 1 rings (SSSR count). The molecule has 3 amide bonds. The van der Waals surface area contributed by atoms with E-state index in [1.807, 2.05) is 6.07 Å². The Balaban J connectivity index is 2.57. The van der Waals surface area contributed by atoms with Gasteiger partial charge >= 0.3 is 6.03 Å². The molecule has 1 aromatic rings. The number of amides is 3. The van der Waals surface area contributed by atoms with E-state index < -0.39 is 17.3 Å². The minimum Gasteiger partial charge on any atom is -0.331 e. The Morgan fingerprint density at radius 3 is 2.50 bits per heavy atom. The van der Waals surface area contributed by atoms with Crippen LogP contribution in [0.3, 0.4) is 0 Å². The third-order valence-electron chi connectivity index (χ3n) is 2.29. The van der Waals surface area contributed by atoms with Gasteiger partial charge in [0.25, 0.3) is 0 Å². The Hall–Kier alpha value is -1.26. The molecule has 98 valence electrons. The van der Waals surface area contributed by atoms with Crippen LogP contribution in [0.1, 0.15) is 25.5 Å². The van der Waals surface area contributed by atoms with Crippen molar-refractivity contribution in [2.24, 2.45) is 0 Å². The molecule has 0 saturated heterocycles. The van der Waals surface area contributed by atoms with E-state index in [1.54, 1.807) is 25.1 Å². The number of halogens is 2. The molecule has 0 aliphatic carbocycles. The highest BCUT2D eigenvalue weighted by molar-refractivity contribution is 6.31. The van der Waals surface area contributed by atoms with Crippen LogP contribution in [-0.4, -0.2) is 17.3 Å². The number of nitrogens with one attached hydrogen (secondary N) is 2. The van der Waals surface area contributed by atoms with Gasteiger partial charge in [0.05, 0.1) is 6.04 Å². The van der Waals surface area contributed by atoms with Crippen molar-refractivity contribution < 1.29 is 9.59 Å². The van der Waals surface area contributed by atoms with Crippen molar-refractivity contribution in [3.8, 4) is 0 Å². The summed E-state index contributed by atoms with van der Waals surface area (Å²) in [6.07, 6.45) is 0. The van der Waals surface area contributed by atoms with E-state index in [2.05, 4.69) is 10.6 Å². The highest BCUT2D eigenvalue weighted by Crippen LogP contribution is 2.17. The molecule has 0 radical (unpaired) electrons. The van der Waals surface area contributed by atoms with Gasteiger partial charge in [-0.3, -0.25) is 10.1 Å². The van der Waals surface area contributed by atoms with E-state index in [0.717, 1.165) is 5.56 Å². The molecule has 18 heavy (non-hydrogen) atoms. The summed E-state index contributed by atoms with van der Waals surface area (Å²) in [6, 6.07) is 6.28. The van der Waals surface area contributed by atoms with Crippen LogP contribution < -0.4 is 10.6 Å². The predicted molar refractivity (Wildman–Crippen MR) is 71.9 cm³/mol. The van der Waals surface area contributed by atoms with Gasteiger partial charge in [0, 0.05) is 5.02 Å². The smallest absolute Gasteiger partial charge is 0.321 e. The van der Waals surface area contributed by atoms with Gasteiger partial charge in [-0.25, -0.2) is 4.79 Å². The zero-order chi connectivity index (χ0) is 13.7. The maximum absolute atomic E-state index is 11.5. The summed E-state index contributed by atoms with van der Waals surface area (Å²) < 4.78 is 0. The van der Waals surface area contributed by atoms with Crippen LogP contribution in [0.25, 0.3) is 0 Å². The number of hydrogen-bond donors (Lipinski definition) is 2. The lowest BCUT2D eigenvalue weighted by Gasteiger charge is -2.15. The molecule has 0 heterocycles. The Bertz CT molecular complexity index is 449. The third-order valence-corrected chi connectivity index (χ3v) is 2.73. The van der Waals surface area contributed by atoms with E-state index in [4.69, 9.17) is 23.2 Å². The van der Waals surface area contributed by atoms with Gasteiger partial charge in [0.2, 0.25) is 5.91 Å². The molecule has 0 aliphatic heterocycles. The zero-order valence-corrected chi connectivity index (χ0v) is 11.5. The number of alkyl halides is 1. The van der Waals surface area contributed by atoms with Gasteiger partial charge in [0.15, 0.2) is 0 Å². The second-order valence-corrected chi connectivity index (χ2v) is 4.95. The maximum Gasteiger partial charge on any atom is 0.321 e. The fraction of sp³-hybridized carbons (Fsp3) is 0.333. The molecule has 2 N–H and O–H groups in total. The SMILES string of the molecule is CC(Cl)C(=O)NC(=O)NC(C)c1cccc(Cl)c1. The molecular weight excluding hydrogens is 275 g/mol. The van der Waals surface area contributed by atoms with Crippen molar-refractivity contribution in [2.45, 2.75) is 25.3 Å². The molecular formula is C12H14Cl2N2O2. The first kappa shape index (κ1) is 14.8. The molecule has 2 unspecified atom stereocenters. The molecule has 0 spiro atoms. The van der Waals surface area contributed by atoms with Gasteiger partial charge in [-0.1, -0.05) is 23.7 Å². The largest absolute Gasteiger partial charge is 0.331 e. The maximum atomic E-state index is 11.5. The van der Waals surface area contributed by atoms with E-state index in [1.165, 1.54) is 6.92 Å². The van der Waals surface area contributed by atoms with Crippen LogP contribution in [-0.2, 0) is 4.79 Å². The summed E-state index contributed by atoms with van der Waals surface area (Å²) in [5.74, 6) is -0.535. The van der Waals surface area contributed by atoms with Gasteiger partial charge in [0.1, 0.15) is 5.38 Å². The van der Waals surface area contributed by atoms with E-state index >= 15 is 0 Å². The standard InChI is InChI=1S/C12H14Cl2N2O2/c1-7(13)11(17)16-12(18)15-8(2)9-4-3-5-10(14)6-9/h3-8H,1-2H3,(H2,15,16,17,18). The highest BCUT2D eigenvalue weighted by atomic mass is 35.5. The molecule has 6 heteroatoms. The number of urea groups is 1. The summed E-state index contributed by atoms with van der Waals surface area (Å²) in [5.41, 5.74) is 0.851. The summed E-state index contributed by atoms with van der Waals surface area (Å²) in [6.45, 7) is 3.28. The van der Waals surface area contributed by atoms with Gasteiger partial charge < -0.3 is 5.32 Å². The Morgan fingerprint density at radius 1 is 1.28 bits per heavy atom. The quantitative estimate of drug-likeness (QED) is 0.841. The normalized spacial score (nSPS) is 13.6. The molecule has 0 aliphatic rings. The van der Waals surface area contributed by atoms with E-state index in [0.29, 0.717) is 5.02 Å². The lowest BCUT2D eigenvalue weighted by Crippen LogP contribution is -2.43. The molecule has 0 bridgehead atoms. The van der Waals surface area contributed by atoms with Crippen molar-refractivity contribution >= 4 is 35.1 Å². The topological polar surface area (TPSA) is 58.2 Å². The average molecular weight is 289 g/mol. The van der Waals surface area contributed by atoms with Crippen molar-refractivity contribution in [2.75, 3.05) is 0 Å². The summed E-state index contributed by atoms with van der Waals surface area (Å²) >= 11 is 11.4. The Morgan fingerprint density at radius 2 is 1.94 bits per heavy atom. The van der Waals surface area contributed by atoms with E-state index in [9.17, 15) is 9.59 Å². The predicted octanol–water partition coefficient (Wildman–Crippen LogP) is 2.85. The fourth-order valence-corrected chi connectivity index (χ4v) is 1.56. The minimum atomic E-state index is -0.753. The molecule has 4 nitrogen and oxygen atoms in total. The summed E-state index contributed by atoms with van der Waals surface area (Å²) in [5, 5.41) is 4.60. The van der Waals surface area contributed by atoms with Crippen LogP contribution in [0.15, 0.2) is 24.3 Å². The number of rotatable bonds is 3. The molecule has 0 fully saturated rings. The van der Waals surface area contributed by atoms with Crippen LogP contribution in [0.5, 0.6) is 0 Å². The van der Waals surface area contributed by atoms with E-state index in [-0.39, 0.29) is 6.04 Å². The van der Waals surface area contributed by atoms with Crippen LogP contribution in [0, 0.1) is 0 Å². The first-order valence-electron chi connectivity index (χ1n) is 5.41. The first-order valence-corrected chi connectivity index (χ1v) is 6.22. The molecule has 1 aromatic carbocycles. The lowest BCUT2D eigenvalue weighted by molar-refractivity contribution is -0.119. The number of hydrogen-bond acceptors (Lipinski definition) is 2. The van der Waals surface area contributed by atoms with Crippen molar-refractivity contribution in [1.82, 2.24) is 10.6 Å². The second kappa shape index (κ2) is 6.61. The molecule has 2 atom stereocenters. The highest BCUT2D eigenvalue weighted by Gasteiger charge is 2.15. The summed E-state index contributed by atoms with van der Waals surface area (Å²) in [7, 11) is 0. The third kappa shape index (κ3) is 4.55. The van der Waals surface area contributed by atoms with Crippen LogP contribution in [0.4, 0.5) is 4.79 Å². The number of benzene rings is 1. The Labute approximate surface area is 116 Å². The van der Waals surface area contributed by atoms with Crippen LogP contribution >= 0.6 is 23.2 Å². The van der Waals surface area contributed by atoms with Crippen molar-refractivity contribution in [3.05, 3.63) is 34.9 Å². The fourth-order valence-electron chi connectivity index (χ4n) is 1.30.